The zero-order valence-corrected chi connectivity index (χ0v) is 9.67. The van der Waals surface area contributed by atoms with Crippen LogP contribution in [-0.2, 0) is 4.79 Å². The number of allylic oxidation sites excluding steroid dienone is 1. The van der Waals surface area contributed by atoms with Crippen molar-refractivity contribution in [3.05, 3.63) is 40.4 Å². The van der Waals surface area contributed by atoms with Gasteiger partial charge < -0.3 is 5.11 Å². The SMILES string of the molecule is C=C(C)c1cc(Br)cc(C(=O)C(=O)O)c1. The normalized spacial score (nSPS) is 9.73. The van der Waals surface area contributed by atoms with Gasteiger partial charge in [-0.3, -0.25) is 4.79 Å². The van der Waals surface area contributed by atoms with Crippen LogP contribution >= 0.6 is 15.9 Å². The predicted octanol–water partition coefficient (Wildman–Crippen LogP) is 2.75. The molecule has 0 unspecified atom stereocenters. The van der Waals surface area contributed by atoms with Crippen molar-refractivity contribution in [2.75, 3.05) is 0 Å². The van der Waals surface area contributed by atoms with Crippen LogP contribution in [0.3, 0.4) is 0 Å². The van der Waals surface area contributed by atoms with Gasteiger partial charge in [0.25, 0.3) is 5.78 Å². The largest absolute Gasteiger partial charge is 0.475 e. The van der Waals surface area contributed by atoms with E-state index in [-0.39, 0.29) is 5.56 Å². The number of Topliss-reactive ketones (excluding diaryl/α,β-unsaturated/α-hetero) is 1. The molecule has 0 bridgehead atoms. The molecule has 3 nitrogen and oxygen atoms in total. The Bertz CT molecular complexity index is 449. The van der Waals surface area contributed by atoms with Crippen LogP contribution in [0, 0.1) is 0 Å². The van der Waals surface area contributed by atoms with E-state index in [4.69, 9.17) is 5.11 Å². The second kappa shape index (κ2) is 4.40. The maximum atomic E-state index is 11.2. The third kappa shape index (κ3) is 2.76. The van der Waals surface area contributed by atoms with E-state index in [2.05, 4.69) is 22.5 Å². The van der Waals surface area contributed by atoms with Crippen molar-refractivity contribution in [3.63, 3.8) is 0 Å². The zero-order chi connectivity index (χ0) is 11.6. The molecular formula is C11H9BrO3. The van der Waals surface area contributed by atoms with Crippen molar-refractivity contribution in [3.8, 4) is 0 Å². The summed E-state index contributed by atoms with van der Waals surface area (Å²) in [7, 11) is 0. The quantitative estimate of drug-likeness (QED) is 0.678. The molecule has 0 spiro atoms. The molecule has 0 atom stereocenters. The van der Waals surface area contributed by atoms with E-state index < -0.39 is 11.8 Å². The summed E-state index contributed by atoms with van der Waals surface area (Å²) in [6.45, 7) is 5.52. The van der Waals surface area contributed by atoms with Gasteiger partial charge in [0.2, 0.25) is 0 Å². The number of hydrogen-bond donors (Lipinski definition) is 1. The van der Waals surface area contributed by atoms with Gasteiger partial charge in [-0.25, -0.2) is 4.79 Å². The maximum Gasteiger partial charge on any atom is 0.377 e. The molecule has 0 saturated heterocycles. The average Bonchev–Trinajstić information content (AvgIpc) is 2.15. The summed E-state index contributed by atoms with van der Waals surface area (Å²) < 4.78 is 0.660. The minimum atomic E-state index is -1.46. The van der Waals surface area contributed by atoms with Gasteiger partial charge in [-0.2, -0.15) is 0 Å². The lowest BCUT2D eigenvalue weighted by atomic mass is 10.0. The first-order valence-electron chi connectivity index (χ1n) is 4.16. The zero-order valence-electron chi connectivity index (χ0n) is 8.08. The topological polar surface area (TPSA) is 54.4 Å². The number of carbonyl (C=O) groups excluding carboxylic acids is 1. The number of carboxylic acid groups (broad SMARTS) is 1. The molecular weight excluding hydrogens is 260 g/mol. The van der Waals surface area contributed by atoms with Gasteiger partial charge in [0.15, 0.2) is 0 Å². The number of carbonyl (C=O) groups is 2. The van der Waals surface area contributed by atoms with E-state index in [1.165, 1.54) is 12.1 Å². The number of ketones is 1. The number of halogens is 1. The van der Waals surface area contributed by atoms with Gasteiger partial charge >= 0.3 is 5.97 Å². The van der Waals surface area contributed by atoms with Gasteiger partial charge in [0.05, 0.1) is 0 Å². The second-order valence-electron chi connectivity index (χ2n) is 3.14. The molecule has 1 rings (SSSR count). The van der Waals surface area contributed by atoms with Crippen LogP contribution in [0.1, 0.15) is 22.8 Å². The molecule has 0 amide bonds. The molecule has 0 saturated carbocycles. The fourth-order valence-corrected chi connectivity index (χ4v) is 1.58. The summed E-state index contributed by atoms with van der Waals surface area (Å²) in [6.07, 6.45) is 0. The molecule has 15 heavy (non-hydrogen) atoms. The Morgan fingerprint density at radius 2 is 1.80 bits per heavy atom. The standard InChI is InChI=1S/C11H9BrO3/c1-6(2)7-3-8(5-9(12)4-7)10(13)11(14)15/h3-5H,1H2,2H3,(H,14,15). The van der Waals surface area contributed by atoms with Gasteiger partial charge in [-0.05, 0) is 30.7 Å². The van der Waals surface area contributed by atoms with E-state index in [1.807, 2.05) is 0 Å². The van der Waals surface area contributed by atoms with E-state index >= 15 is 0 Å². The number of hydrogen-bond acceptors (Lipinski definition) is 2. The third-order valence-corrected chi connectivity index (χ3v) is 2.30. The number of carboxylic acids is 1. The first kappa shape index (κ1) is 11.7. The smallest absolute Gasteiger partial charge is 0.377 e. The number of rotatable bonds is 3. The summed E-state index contributed by atoms with van der Waals surface area (Å²) in [5.41, 5.74) is 1.67. The summed E-state index contributed by atoms with van der Waals surface area (Å²) >= 11 is 3.21. The molecule has 1 aromatic carbocycles. The molecule has 1 aromatic rings. The molecule has 0 aliphatic rings. The first-order chi connectivity index (χ1) is 6.91. The van der Waals surface area contributed by atoms with E-state index in [9.17, 15) is 9.59 Å². The Labute approximate surface area is 95.6 Å². The minimum Gasteiger partial charge on any atom is -0.475 e. The molecule has 0 radical (unpaired) electrons. The van der Waals surface area contributed by atoms with Gasteiger partial charge in [0, 0.05) is 10.0 Å². The Hall–Kier alpha value is -1.42. The van der Waals surface area contributed by atoms with Crippen LogP contribution in [0.5, 0.6) is 0 Å². The molecule has 0 aliphatic heterocycles. The van der Waals surface area contributed by atoms with Crippen molar-refractivity contribution >= 4 is 33.3 Å². The van der Waals surface area contributed by atoms with Crippen LogP contribution < -0.4 is 0 Å². The highest BCUT2D eigenvalue weighted by Crippen LogP contribution is 2.20. The molecule has 0 aromatic heterocycles. The van der Waals surface area contributed by atoms with E-state index in [0.717, 1.165) is 11.1 Å². The van der Waals surface area contributed by atoms with Crippen LogP contribution in [0.25, 0.3) is 5.57 Å². The highest BCUT2D eigenvalue weighted by Gasteiger charge is 2.15. The van der Waals surface area contributed by atoms with Crippen LogP contribution in [0.2, 0.25) is 0 Å². The number of aliphatic carboxylic acids is 1. The molecule has 0 aliphatic carbocycles. The molecule has 1 N–H and O–H groups in total. The van der Waals surface area contributed by atoms with E-state index in [1.54, 1.807) is 13.0 Å². The van der Waals surface area contributed by atoms with Crippen molar-refractivity contribution < 1.29 is 14.7 Å². The Kier molecular flexibility index (Phi) is 3.42. The lowest BCUT2D eigenvalue weighted by Gasteiger charge is -2.03. The fourth-order valence-electron chi connectivity index (χ4n) is 1.09. The molecule has 4 heteroatoms. The molecule has 0 heterocycles. The highest BCUT2D eigenvalue weighted by atomic mass is 79.9. The lowest BCUT2D eigenvalue weighted by Crippen LogP contribution is -2.12. The van der Waals surface area contributed by atoms with Crippen molar-refractivity contribution in [2.24, 2.45) is 0 Å². The van der Waals surface area contributed by atoms with Gasteiger partial charge in [0.1, 0.15) is 0 Å². The summed E-state index contributed by atoms with van der Waals surface area (Å²) in [5.74, 6) is -2.38. The van der Waals surface area contributed by atoms with E-state index in [0.29, 0.717) is 4.47 Å². The Balaban J connectivity index is 3.26. The average molecular weight is 269 g/mol. The lowest BCUT2D eigenvalue weighted by molar-refractivity contribution is -0.131. The van der Waals surface area contributed by atoms with Crippen LogP contribution in [0.15, 0.2) is 29.3 Å². The number of benzene rings is 1. The van der Waals surface area contributed by atoms with Crippen LogP contribution in [0.4, 0.5) is 0 Å². The van der Waals surface area contributed by atoms with Gasteiger partial charge in [-0.15, -0.1) is 0 Å². The van der Waals surface area contributed by atoms with Crippen molar-refractivity contribution in [1.29, 1.82) is 0 Å². The van der Waals surface area contributed by atoms with Crippen LogP contribution in [-0.4, -0.2) is 16.9 Å². The summed E-state index contributed by atoms with van der Waals surface area (Å²) in [5, 5.41) is 8.57. The van der Waals surface area contributed by atoms with Gasteiger partial charge in [-0.1, -0.05) is 28.1 Å². The maximum absolute atomic E-state index is 11.2. The minimum absolute atomic E-state index is 0.148. The second-order valence-corrected chi connectivity index (χ2v) is 4.06. The monoisotopic (exact) mass is 268 g/mol. The molecule has 0 fully saturated rings. The fraction of sp³-hybridized carbons (Fsp3) is 0.0909. The summed E-state index contributed by atoms with van der Waals surface area (Å²) in [4.78, 5) is 21.7. The third-order valence-electron chi connectivity index (χ3n) is 1.85. The van der Waals surface area contributed by atoms with Crippen molar-refractivity contribution in [2.45, 2.75) is 6.92 Å². The van der Waals surface area contributed by atoms with Crippen molar-refractivity contribution in [1.82, 2.24) is 0 Å². The first-order valence-corrected chi connectivity index (χ1v) is 4.95. The molecule has 78 valence electrons. The predicted molar refractivity (Wildman–Crippen MR) is 60.8 cm³/mol. The Morgan fingerprint density at radius 3 is 2.27 bits per heavy atom. The Morgan fingerprint density at radius 1 is 1.27 bits per heavy atom. The highest BCUT2D eigenvalue weighted by molar-refractivity contribution is 9.10. The summed E-state index contributed by atoms with van der Waals surface area (Å²) in [6, 6.07) is 4.77.